The molecular weight excluding hydrogens is 294 g/mol. The van der Waals surface area contributed by atoms with Crippen molar-refractivity contribution >= 4 is 0 Å². The molecule has 122 valence electrons. The molecule has 2 aliphatic heterocycles. The predicted molar refractivity (Wildman–Crippen MR) is 84.4 cm³/mol. The molecule has 6 heteroatoms. The summed E-state index contributed by atoms with van der Waals surface area (Å²) in [6, 6.07) is 8.36. The average molecular weight is 315 g/mol. The Hall–Kier alpha value is -1.92. The molecule has 0 aliphatic carbocycles. The minimum absolute atomic E-state index is 0.359. The van der Waals surface area contributed by atoms with Gasteiger partial charge < -0.3 is 14.0 Å². The molecule has 0 saturated carbocycles. The third-order valence-corrected chi connectivity index (χ3v) is 4.76. The maximum absolute atomic E-state index is 5.47. The van der Waals surface area contributed by atoms with E-state index in [9.17, 15) is 0 Å². The standard InChI is InChI=1S/C17H21N3O3/c1-21-15-4-2-12(3-5-15)16-18-17(23-19-16)13-10-20(11-13)14-6-8-22-9-7-14/h2-5,13-14H,6-11H2,1H3. The number of aromatic nitrogens is 2. The van der Waals surface area contributed by atoms with Gasteiger partial charge in [-0.2, -0.15) is 4.98 Å². The van der Waals surface area contributed by atoms with E-state index in [-0.39, 0.29) is 0 Å². The van der Waals surface area contributed by atoms with Gasteiger partial charge in [0.25, 0.3) is 0 Å². The zero-order valence-electron chi connectivity index (χ0n) is 13.3. The van der Waals surface area contributed by atoms with E-state index in [2.05, 4.69) is 15.0 Å². The van der Waals surface area contributed by atoms with E-state index in [1.165, 1.54) is 0 Å². The van der Waals surface area contributed by atoms with Crippen LogP contribution < -0.4 is 4.74 Å². The summed E-state index contributed by atoms with van der Waals surface area (Å²) in [4.78, 5) is 7.07. The first-order chi connectivity index (χ1) is 11.3. The van der Waals surface area contributed by atoms with Crippen molar-refractivity contribution in [1.29, 1.82) is 0 Å². The average Bonchev–Trinajstić information content (AvgIpc) is 3.04. The molecular formula is C17H21N3O3. The lowest BCUT2D eigenvalue weighted by Gasteiger charge is -2.44. The Morgan fingerprint density at radius 1 is 1.13 bits per heavy atom. The third kappa shape index (κ3) is 2.96. The number of rotatable bonds is 4. The predicted octanol–water partition coefficient (Wildman–Crippen LogP) is 2.32. The summed E-state index contributed by atoms with van der Waals surface area (Å²) >= 11 is 0. The number of likely N-dealkylation sites (tertiary alicyclic amines) is 1. The number of nitrogens with zero attached hydrogens (tertiary/aromatic N) is 3. The lowest BCUT2D eigenvalue weighted by molar-refractivity contribution is -0.00324. The topological polar surface area (TPSA) is 60.6 Å². The smallest absolute Gasteiger partial charge is 0.232 e. The number of methoxy groups -OCH3 is 1. The fourth-order valence-electron chi connectivity index (χ4n) is 3.28. The lowest BCUT2D eigenvalue weighted by atomic mass is 9.94. The molecule has 23 heavy (non-hydrogen) atoms. The van der Waals surface area contributed by atoms with Gasteiger partial charge in [-0.1, -0.05) is 5.16 Å². The highest BCUT2D eigenvalue weighted by Gasteiger charge is 2.37. The van der Waals surface area contributed by atoms with Crippen LogP contribution in [0.4, 0.5) is 0 Å². The zero-order valence-corrected chi connectivity index (χ0v) is 13.3. The Morgan fingerprint density at radius 3 is 2.57 bits per heavy atom. The van der Waals surface area contributed by atoms with Crippen LogP contribution in [0.25, 0.3) is 11.4 Å². The molecule has 6 nitrogen and oxygen atoms in total. The first kappa shape index (κ1) is 14.7. The third-order valence-electron chi connectivity index (χ3n) is 4.76. The van der Waals surface area contributed by atoms with E-state index in [0.717, 1.165) is 56.3 Å². The van der Waals surface area contributed by atoms with Gasteiger partial charge in [-0.3, -0.25) is 4.90 Å². The quantitative estimate of drug-likeness (QED) is 0.863. The van der Waals surface area contributed by atoms with Crippen LogP contribution in [0.3, 0.4) is 0 Å². The Morgan fingerprint density at radius 2 is 1.87 bits per heavy atom. The second-order valence-corrected chi connectivity index (χ2v) is 6.18. The summed E-state index contributed by atoms with van der Waals surface area (Å²) in [5.74, 6) is 2.58. The molecule has 0 amide bonds. The van der Waals surface area contributed by atoms with Crippen molar-refractivity contribution in [2.24, 2.45) is 0 Å². The van der Waals surface area contributed by atoms with Crippen molar-refractivity contribution in [3.05, 3.63) is 30.2 Å². The Labute approximate surface area is 135 Å². The maximum atomic E-state index is 5.47. The molecule has 0 atom stereocenters. The Kier molecular flexibility index (Phi) is 4.01. The van der Waals surface area contributed by atoms with Crippen LogP contribution in [0.2, 0.25) is 0 Å². The van der Waals surface area contributed by atoms with Gasteiger partial charge in [0.2, 0.25) is 11.7 Å². The summed E-state index contributed by atoms with van der Waals surface area (Å²) in [7, 11) is 1.66. The lowest BCUT2D eigenvalue weighted by Crippen LogP contribution is -2.52. The molecule has 0 radical (unpaired) electrons. The van der Waals surface area contributed by atoms with Crippen molar-refractivity contribution in [3.63, 3.8) is 0 Å². The summed E-state index contributed by atoms with van der Waals surface area (Å²) in [5.41, 5.74) is 0.946. The minimum atomic E-state index is 0.359. The molecule has 2 aromatic rings. The first-order valence-corrected chi connectivity index (χ1v) is 8.13. The highest BCUT2D eigenvalue weighted by atomic mass is 16.5. The van der Waals surface area contributed by atoms with Crippen LogP contribution in [0, 0.1) is 0 Å². The van der Waals surface area contributed by atoms with E-state index in [0.29, 0.717) is 17.8 Å². The fraction of sp³-hybridized carbons (Fsp3) is 0.529. The molecule has 0 unspecified atom stereocenters. The molecule has 1 aromatic heterocycles. The second-order valence-electron chi connectivity index (χ2n) is 6.18. The van der Waals surface area contributed by atoms with Crippen molar-refractivity contribution in [3.8, 4) is 17.1 Å². The minimum Gasteiger partial charge on any atom is -0.497 e. The van der Waals surface area contributed by atoms with Crippen molar-refractivity contribution in [2.75, 3.05) is 33.4 Å². The van der Waals surface area contributed by atoms with E-state index in [1.54, 1.807) is 7.11 Å². The van der Waals surface area contributed by atoms with Crippen molar-refractivity contribution < 1.29 is 14.0 Å². The molecule has 1 aromatic carbocycles. The van der Waals surface area contributed by atoms with Crippen LogP contribution in [-0.4, -0.2) is 54.5 Å². The van der Waals surface area contributed by atoms with Gasteiger partial charge in [0.15, 0.2) is 0 Å². The Balaban J connectivity index is 1.38. The van der Waals surface area contributed by atoms with Crippen LogP contribution in [-0.2, 0) is 4.74 Å². The molecule has 2 fully saturated rings. The van der Waals surface area contributed by atoms with E-state index < -0.39 is 0 Å². The highest BCUT2D eigenvalue weighted by Crippen LogP contribution is 2.31. The monoisotopic (exact) mass is 315 g/mol. The zero-order chi connectivity index (χ0) is 15.6. The fourth-order valence-corrected chi connectivity index (χ4v) is 3.28. The normalized spacial score (nSPS) is 20.4. The molecule has 0 N–H and O–H groups in total. The summed E-state index contributed by atoms with van der Waals surface area (Å²) < 4.78 is 16.1. The maximum Gasteiger partial charge on any atom is 0.232 e. The molecule has 4 rings (SSSR count). The summed E-state index contributed by atoms with van der Waals surface area (Å²) in [6.45, 7) is 3.78. The van der Waals surface area contributed by atoms with Crippen molar-refractivity contribution in [1.82, 2.24) is 15.0 Å². The van der Waals surface area contributed by atoms with Gasteiger partial charge in [-0.25, -0.2) is 0 Å². The van der Waals surface area contributed by atoms with E-state index >= 15 is 0 Å². The summed E-state index contributed by atoms with van der Waals surface area (Å²) in [6.07, 6.45) is 2.27. The van der Waals surface area contributed by atoms with Crippen LogP contribution >= 0.6 is 0 Å². The molecule has 0 spiro atoms. The van der Waals surface area contributed by atoms with Gasteiger partial charge in [0.05, 0.1) is 13.0 Å². The number of ether oxygens (including phenoxy) is 2. The highest BCUT2D eigenvalue weighted by molar-refractivity contribution is 5.55. The molecule has 0 bridgehead atoms. The first-order valence-electron chi connectivity index (χ1n) is 8.13. The second kappa shape index (κ2) is 6.29. The molecule has 3 heterocycles. The van der Waals surface area contributed by atoms with Crippen LogP contribution in [0.5, 0.6) is 5.75 Å². The van der Waals surface area contributed by atoms with E-state index in [4.69, 9.17) is 14.0 Å². The van der Waals surface area contributed by atoms with Crippen molar-refractivity contribution in [2.45, 2.75) is 24.8 Å². The summed E-state index contributed by atoms with van der Waals surface area (Å²) in [5, 5.41) is 4.12. The van der Waals surface area contributed by atoms with Gasteiger partial charge in [-0.15, -0.1) is 0 Å². The Bertz CT molecular complexity index is 643. The van der Waals surface area contributed by atoms with Gasteiger partial charge >= 0.3 is 0 Å². The largest absolute Gasteiger partial charge is 0.497 e. The SMILES string of the molecule is COc1ccc(-c2noc(C3CN(C4CCOCC4)C3)n2)cc1. The number of hydrogen-bond acceptors (Lipinski definition) is 6. The van der Waals surface area contributed by atoms with Gasteiger partial charge in [-0.05, 0) is 37.1 Å². The van der Waals surface area contributed by atoms with Crippen LogP contribution in [0.1, 0.15) is 24.7 Å². The number of hydrogen-bond donors (Lipinski definition) is 0. The van der Waals surface area contributed by atoms with Gasteiger partial charge in [0, 0.05) is 37.9 Å². The molecule has 2 aliphatic rings. The number of benzene rings is 1. The van der Waals surface area contributed by atoms with Crippen LogP contribution in [0.15, 0.2) is 28.8 Å². The van der Waals surface area contributed by atoms with Gasteiger partial charge in [0.1, 0.15) is 5.75 Å². The van der Waals surface area contributed by atoms with E-state index in [1.807, 2.05) is 24.3 Å². The molecule has 2 saturated heterocycles.